The van der Waals surface area contributed by atoms with Gasteiger partial charge in [-0.2, -0.15) is 10.5 Å². The Bertz CT molecular complexity index is 750. The average Bonchev–Trinajstić information content (AvgIpc) is 2.72. The number of nitrogens with one attached hydrogen (secondary N) is 1. The molecule has 0 aliphatic carbocycles. The number of anilines is 1. The van der Waals surface area contributed by atoms with Gasteiger partial charge in [0.1, 0.15) is 0 Å². The smallest absolute Gasteiger partial charge is 0.303 e. The average molecular weight is 303 g/mol. The molecule has 0 aromatic carbocycles. The number of aliphatic carboxylic acids is 1. The van der Waals surface area contributed by atoms with E-state index in [2.05, 4.69) is 10.2 Å². The van der Waals surface area contributed by atoms with Gasteiger partial charge in [-0.1, -0.05) is 5.10 Å². The van der Waals surface area contributed by atoms with Crippen molar-refractivity contribution >= 4 is 17.6 Å². The van der Waals surface area contributed by atoms with Crippen molar-refractivity contribution in [3.8, 4) is 5.82 Å². The maximum absolute atomic E-state index is 10.7. The fourth-order valence-electron chi connectivity index (χ4n) is 2.30. The van der Waals surface area contributed by atoms with Crippen molar-refractivity contribution in [1.82, 2.24) is 14.9 Å². The van der Waals surface area contributed by atoms with Gasteiger partial charge in [0.2, 0.25) is 5.82 Å². The number of carbonyl (C=O) groups is 1. The summed E-state index contributed by atoms with van der Waals surface area (Å²) in [5.74, 6) is 0.258. The Morgan fingerprint density at radius 3 is 2.73 bits per heavy atom. The number of rotatable bonds is 4. The highest BCUT2D eigenvalue weighted by Gasteiger charge is 2.17. The number of carboxylic acids is 1. The van der Waals surface area contributed by atoms with E-state index in [1.165, 1.54) is 4.68 Å². The molecular weight excluding hydrogens is 284 g/mol. The molecule has 0 aliphatic heterocycles. The van der Waals surface area contributed by atoms with Crippen LogP contribution in [-0.2, 0) is 11.2 Å². The van der Waals surface area contributed by atoms with Crippen molar-refractivity contribution in [2.24, 2.45) is 0 Å². The lowest BCUT2D eigenvalue weighted by molar-refractivity contribution is -0.608. The fourth-order valence-corrected chi connectivity index (χ4v) is 2.30. The molecule has 116 valence electrons. The van der Waals surface area contributed by atoms with Crippen LogP contribution in [0.1, 0.15) is 30.3 Å². The van der Waals surface area contributed by atoms with Crippen molar-refractivity contribution < 1.29 is 14.6 Å². The normalized spacial score (nSPS) is 10.7. The summed E-state index contributed by atoms with van der Waals surface area (Å²) in [6.45, 7) is 5.30. The van der Waals surface area contributed by atoms with Crippen molar-refractivity contribution in [1.29, 1.82) is 5.41 Å². The summed E-state index contributed by atoms with van der Waals surface area (Å²) in [6.07, 6.45) is 0.480. The quantitative estimate of drug-likeness (QED) is 0.434. The first-order valence-corrected chi connectivity index (χ1v) is 6.83. The summed E-state index contributed by atoms with van der Waals surface area (Å²) >= 11 is 0. The van der Waals surface area contributed by atoms with Crippen LogP contribution in [0.15, 0.2) is 12.1 Å². The topological polar surface area (TPSA) is 122 Å². The summed E-state index contributed by atoms with van der Waals surface area (Å²) in [5, 5.41) is 25.2. The predicted molar refractivity (Wildman–Crippen MR) is 80.2 cm³/mol. The van der Waals surface area contributed by atoms with Crippen molar-refractivity contribution in [3.05, 3.63) is 29.1 Å². The summed E-state index contributed by atoms with van der Waals surface area (Å²) in [7, 11) is 0. The molecule has 2 aromatic heterocycles. The SMILES string of the molecule is CC(=N)[n+]1nc(-n2nc(C)c(CCC(=O)O)c2C)ccc1N. The van der Waals surface area contributed by atoms with E-state index < -0.39 is 5.97 Å². The Labute approximate surface area is 127 Å². The number of aromatic nitrogens is 4. The van der Waals surface area contributed by atoms with E-state index in [1.54, 1.807) is 23.7 Å². The Kier molecular flexibility index (Phi) is 4.20. The first-order valence-electron chi connectivity index (χ1n) is 6.83. The fraction of sp³-hybridized carbons (Fsp3) is 0.357. The van der Waals surface area contributed by atoms with Crippen molar-refractivity contribution in [2.75, 3.05) is 5.73 Å². The number of aryl methyl sites for hydroxylation is 1. The number of carboxylic acid groups (broad SMARTS) is 1. The van der Waals surface area contributed by atoms with Crippen LogP contribution in [0.2, 0.25) is 0 Å². The Hall–Kier alpha value is -2.77. The minimum Gasteiger partial charge on any atom is -0.481 e. The molecule has 0 atom stereocenters. The van der Waals surface area contributed by atoms with E-state index in [0.29, 0.717) is 18.1 Å². The lowest BCUT2D eigenvalue weighted by atomic mass is 10.1. The molecule has 0 saturated heterocycles. The molecule has 0 aliphatic rings. The number of nitrogens with two attached hydrogens (primary N) is 1. The summed E-state index contributed by atoms with van der Waals surface area (Å²) in [6, 6.07) is 3.38. The van der Waals surface area contributed by atoms with Crippen LogP contribution < -0.4 is 10.4 Å². The van der Waals surface area contributed by atoms with E-state index in [4.69, 9.17) is 16.2 Å². The van der Waals surface area contributed by atoms with Crippen LogP contribution in [0.5, 0.6) is 0 Å². The molecule has 8 nitrogen and oxygen atoms in total. The number of hydrogen-bond acceptors (Lipinski definition) is 5. The lowest BCUT2D eigenvalue weighted by Crippen LogP contribution is -2.47. The van der Waals surface area contributed by atoms with E-state index in [0.717, 1.165) is 17.0 Å². The zero-order valence-corrected chi connectivity index (χ0v) is 12.8. The zero-order chi connectivity index (χ0) is 16.4. The minimum absolute atomic E-state index is 0.0577. The van der Waals surface area contributed by atoms with Gasteiger partial charge in [-0.3, -0.25) is 4.79 Å². The molecular formula is C14H19N6O2+. The van der Waals surface area contributed by atoms with Gasteiger partial charge in [-0.05, 0) is 31.9 Å². The lowest BCUT2D eigenvalue weighted by Gasteiger charge is -2.06. The molecule has 2 rings (SSSR count). The predicted octanol–water partition coefficient (Wildman–Crippen LogP) is 0.616. The largest absolute Gasteiger partial charge is 0.481 e. The molecule has 0 spiro atoms. The monoisotopic (exact) mass is 303 g/mol. The van der Waals surface area contributed by atoms with Crippen molar-refractivity contribution in [3.63, 3.8) is 0 Å². The van der Waals surface area contributed by atoms with Gasteiger partial charge in [-0.25, -0.2) is 4.68 Å². The third-order valence-electron chi connectivity index (χ3n) is 3.41. The Morgan fingerprint density at radius 1 is 1.45 bits per heavy atom. The summed E-state index contributed by atoms with van der Waals surface area (Å²) < 4.78 is 2.97. The molecule has 0 radical (unpaired) electrons. The number of hydrogen-bond donors (Lipinski definition) is 3. The summed E-state index contributed by atoms with van der Waals surface area (Å²) in [4.78, 5) is 10.7. The van der Waals surface area contributed by atoms with Gasteiger partial charge in [0.15, 0.2) is 5.82 Å². The second kappa shape index (κ2) is 5.92. The highest BCUT2D eigenvalue weighted by molar-refractivity contribution is 5.67. The molecule has 2 aromatic rings. The maximum atomic E-state index is 10.7. The van der Waals surface area contributed by atoms with Gasteiger partial charge in [0.05, 0.1) is 5.69 Å². The van der Waals surface area contributed by atoms with E-state index in [9.17, 15) is 4.79 Å². The molecule has 0 saturated carbocycles. The second-order valence-corrected chi connectivity index (χ2v) is 5.07. The Morgan fingerprint density at radius 2 is 2.14 bits per heavy atom. The zero-order valence-electron chi connectivity index (χ0n) is 12.8. The van der Waals surface area contributed by atoms with E-state index in [1.807, 2.05) is 13.8 Å². The van der Waals surface area contributed by atoms with Gasteiger partial charge < -0.3 is 10.8 Å². The van der Waals surface area contributed by atoms with Gasteiger partial charge in [0.25, 0.3) is 5.84 Å². The van der Waals surface area contributed by atoms with E-state index in [-0.39, 0.29) is 12.3 Å². The molecule has 4 N–H and O–H groups in total. The van der Waals surface area contributed by atoms with Crippen LogP contribution in [-0.4, -0.2) is 31.8 Å². The molecule has 0 fully saturated rings. The molecule has 8 heteroatoms. The second-order valence-electron chi connectivity index (χ2n) is 5.07. The first kappa shape index (κ1) is 15.6. The van der Waals surface area contributed by atoms with Gasteiger partial charge >= 0.3 is 5.97 Å². The van der Waals surface area contributed by atoms with Crippen LogP contribution >= 0.6 is 0 Å². The molecule has 0 amide bonds. The summed E-state index contributed by atoms with van der Waals surface area (Å²) in [5.41, 5.74) is 8.30. The van der Waals surface area contributed by atoms with Gasteiger partial charge in [-0.15, -0.1) is 4.68 Å². The number of nitrogens with zero attached hydrogens (tertiary/aromatic N) is 4. The Balaban J connectivity index is 2.46. The van der Waals surface area contributed by atoms with Crippen LogP contribution in [0, 0.1) is 19.3 Å². The number of nitrogen functional groups attached to an aromatic ring is 1. The highest BCUT2D eigenvalue weighted by atomic mass is 16.4. The van der Waals surface area contributed by atoms with E-state index >= 15 is 0 Å². The van der Waals surface area contributed by atoms with Crippen molar-refractivity contribution in [2.45, 2.75) is 33.6 Å². The van der Waals surface area contributed by atoms with Crippen LogP contribution in [0.25, 0.3) is 5.82 Å². The van der Waals surface area contributed by atoms with Gasteiger partial charge in [0, 0.05) is 25.1 Å². The molecule has 22 heavy (non-hydrogen) atoms. The molecule has 0 bridgehead atoms. The third-order valence-corrected chi connectivity index (χ3v) is 3.41. The third kappa shape index (κ3) is 2.95. The maximum Gasteiger partial charge on any atom is 0.303 e. The molecule has 0 unspecified atom stereocenters. The minimum atomic E-state index is -0.838. The van der Waals surface area contributed by atoms with Crippen LogP contribution in [0.4, 0.5) is 5.82 Å². The first-order chi connectivity index (χ1) is 10.3. The highest BCUT2D eigenvalue weighted by Crippen LogP contribution is 2.18. The standard InChI is InChI=1S/C14H18N6O2/c1-8-11(4-7-14(21)22)9(2)19(17-8)13-6-5-12(16)20(18-13)10(3)15/h5-6,15-16H,4,7H2,1-3H3,(H,21,22)/p+1. The van der Waals surface area contributed by atoms with Crippen LogP contribution in [0.3, 0.4) is 0 Å². The molecule has 2 heterocycles.